The van der Waals surface area contributed by atoms with Gasteiger partial charge in [-0.25, -0.2) is 4.79 Å². The molecule has 0 saturated carbocycles. The average Bonchev–Trinajstić information content (AvgIpc) is 2.52. The van der Waals surface area contributed by atoms with Crippen molar-refractivity contribution < 1.29 is 14.3 Å². The number of hydrogen-bond acceptors (Lipinski definition) is 4. The van der Waals surface area contributed by atoms with E-state index in [1.54, 1.807) is 6.20 Å². The third-order valence-electron chi connectivity index (χ3n) is 3.90. The van der Waals surface area contributed by atoms with Gasteiger partial charge >= 0.3 is 6.09 Å². The van der Waals surface area contributed by atoms with E-state index >= 15 is 0 Å². The minimum atomic E-state index is -0.471. The van der Waals surface area contributed by atoms with Gasteiger partial charge in [0.05, 0.1) is 24.4 Å². The Morgan fingerprint density at radius 1 is 1.39 bits per heavy atom. The van der Waals surface area contributed by atoms with Gasteiger partial charge in [-0.1, -0.05) is 6.07 Å². The predicted molar refractivity (Wildman–Crippen MR) is 89.2 cm³/mol. The first-order chi connectivity index (χ1) is 10.9. The molecule has 5 heteroatoms. The maximum atomic E-state index is 12.4. The van der Waals surface area contributed by atoms with Gasteiger partial charge in [0.2, 0.25) is 0 Å². The molecule has 1 aromatic heterocycles. The standard InChI is InChI=1S/C18H28N2O3/c1-14(16-10-5-7-11-19-16)22-13-15-9-6-8-12-20(15)17(21)23-18(2,3)4/h5,7,10-11,14-15H,6,8-9,12-13H2,1-4H3/t14-,15+/m1/s1. The molecule has 0 bridgehead atoms. The summed E-state index contributed by atoms with van der Waals surface area (Å²) in [5, 5.41) is 0. The fourth-order valence-corrected chi connectivity index (χ4v) is 2.69. The van der Waals surface area contributed by atoms with E-state index in [1.165, 1.54) is 0 Å². The Balaban J connectivity index is 1.92. The molecule has 1 aliphatic rings. The number of likely N-dealkylation sites (tertiary alicyclic amines) is 1. The summed E-state index contributed by atoms with van der Waals surface area (Å²) < 4.78 is 11.5. The Morgan fingerprint density at radius 3 is 2.83 bits per heavy atom. The second kappa shape index (κ2) is 7.77. The first kappa shape index (κ1) is 17.7. The highest BCUT2D eigenvalue weighted by atomic mass is 16.6. The van der Waals surface area contributed by atoms with E-state index in [4.69, 9.17) is 9.47 Å². The van der Waals surface area contributed by atoms with Gasteiger partial charge in [0.1, 0.15) is 5.60 Å². The highest BCUT2D eigenvalue weighted by Crippen LogP contribution is 2.23. The maximum Gasteiger partial charge on any atom is 0.410 e. The molecule has 0 unspecified atom stereocenters. The summed E-state index contributed by atoms with van der Waals surface area (Å²) in [4.78, 5) is 18.5. The summed E-state index contributed by atoms with van der Waals surface area (Å²) in [5.74, 6) is 0. The molecule has 0 radical (unpaired) electrons. The minimum absolute atomic E-state index is 0.0739. The van der Waals surface area contributed by atoms with Gasteiger partial charge in [-0.2, -0.15) is 0 Å². The van der Waals surface area contributed by atoms with Crippen molar-refractivity contribution in [3.63, 3.8) is 0 Å². The quantitative estimate of drug-likeness (QED) is 0.843. The number of piperidine rings is 1. The monoisotopic (exact) mass is 320 g/mol. The number of aromatic nitrogens is 1. The molecule has 2 heterocycles. The van der Waals surface area contributed by atoms with Crippen molar-refractivity contribution in [2.24, 2.45) is 0 Å². The molecule has 1 aromatic rings. The predicted octanol–water partition coefficient (Wildman–Crippen LogP) is 3.95. The number of amides is 1. The van der Waals surface area contributed by atoms with Crippen molar-refractivity contribution in [2.45, 2.75) is 64.7 Å². The molecule has 0 aromatic carbocycles. The number of pyridine rings is 1. The third-order valence-corrected chi connectivity index (χ3v) is 3.90. The molecule has 2 rings (SSSR count). The van der Waals surface area contributed by atoms with E-state index in [-0.39, 0.29) is 18.2 Å². The van der Waals surface area contributed by atoms with Crippen LogP contribution in [0, 0.1) is 0 Å². The van der Waals surface area contributed by atoms with E-state index in [1.807, 2.05) is 50.8 Å². The fraction of sp³-hybridized carbons (Fsp3) is 0.667. The Morgan fingerprint density at radius 2 is 2.17 bits per heavy atom. The van der Waals surface area contributed by atoms with Crippen molar-refractivity contribution in [1.29, 1.82) is 0 Å². The lowest BCUT2D eigenvalue weighted by Gasteiger charge is -2.37. The van der Waals surface area contributed by atoms with Crippen LogP contribution < -0.4 is 0 Å². The normalized spacial score (nSPS) is 20.2. The zero-order valence-electron chi connectivity index (χ0n) is 14.6. The number of nitrogens with zero attached hydrogens (tertiary/aromatic N) is 2. The van der Waals surface area contributed by atoms with E-state index in [2.05, 4.69) is 4.98 Å². The molecule has 128 valence electrons. The van der Waals surface area contributed by atoms with Crippen molar-refractivity contribution >= 4 is 6.09 Å². The zero-order chi connectivity index (χ0) is 16.9. The fourth-order valence-electron chi connectivity index (χ4n) is 2.69. The van der Waals surface area contributed by atoms with Crippen LogP contribution in [0.25, 0.3) is 0 Å². The Kier molecular flexibility index (Phi) is 5.99. The first-order valence-corrected chi connectivity index (χ1v) is 8.39. The Bertz CT molecular complexity index is 499. The lowest BCUT2D eigenvalue weighted by atomic mass is 10.0. The van der Waals surface area contributed by atoms with Crippen molar-refractivity contribution in [3.05, 3.63) is 30.1 Å². The zero-order valence-corrected chi connectivity index (χ0v) is 14.6. The van der Waals surface area contributed by atoms with Gasteiger partial charge in [0, 0.05) is 12.7 Å². The molecule has 23 heavy (non-hydrogen) atoms. The van der Waals surface area contributed by atoms with Crippen LogP contribution in [0.15, 0.2) is 24.4 Å². The molecule has 1 amide bonds. The smallest absolute Gasteiger partial charge is 0.410 e. The van der Waals surface area contributed by atoms with Crippen LogP contribution in [0.3, 0.4) is 0 Å². The van der Waals surface area contributed by atoms with Crippen LogP contribution >= 0.6 is 0 Å². The van der Waals surface area contributed by atoms with E-state index in [0.29, 0.717) is 6.61 Å². The molecule has 0 N–H and O–H groups in total. The van der Waals surface area contributed by atoms with Crippen molar-refractivity contribution in [1.82, 2.24) is 9.88 Å². The van der Waals surface area contributed by atoms with Gasteiger partial charge in [0.15, 0.2) is 0 Å². The SMILES string of the molecule is C[C@@H](OC[C@@H]1CCCCN1C(=O)OC(C)(C)C)c1ccccn1. The lowest BCUT2D eigenvalue weighted by Crippen LogP contribution is -2.48. The molecule has 0 spiro atoms. The van der Waals surface area contributed by atoms with Crippen LogP contribution in [-0.4, -0.2) is 40.8 Å². The van der Waals surface area contributed by atoms with Crippen LogP contribution in [-0.2, 0) is 9.47 Å². The van der Waals surface area contributed by atoms with Gasteiger partial charge in [-0.15, -0.1) is 0 Å². The van der Waals surface area contributed by atoms with Gasteiger partial charge in [0.25, 0.3) is 0 Å². The molecule has 1 saturated heterocycles. The molecule has 1 aliphatic heterocycles. The number of hydrogen-bond donors (Lipinski definition) is 0. The number of rotatable bonds is 4. The highest BCUT2D eigenvalue weighted by Gasteiger charge is 2.31. The van der Waals surface area contributed by atoms with Gasteiger partial charge in [-0.3, -0.25) is 4.98 Å². The third kappa shape index (κ3) is 5.50. The second-order valence-corrected chi connectivity index (χ2v) is 7.05. The van der Waals surface area contributed by atoms with Crippen molar-refractivity contribution in [3.8, 4) is 0 Å². The van der Waals surface area contributed by atoms with Crippen LogP contribution in [0.1, 0.15) is 58.8 Å². The van der Waals surface area contributed by atoms with Crippen LogP contribution in [0.4, 0.5) is 4.79 Å². The number of carbonyl (C=O) groups is 1. The summed E-state index contributed by atoms with van der Waals surface area (Å²) in [6.07, 6.45) is 4.53. The summed E-state index contributed by atoms with van der Waals surface area (Å²) in [5.41, 5.74) is 0.438. The van der Waals surface area contributed by atoms with E-state index in [9.17, 15) is 4.79 Å². The molecular formula is C18H28N2O3. The second-order valence-electron chi connectivity index (χ2n) is 7.05. The molecule has 5 nitrogen and oxygen atoms in total. The van der Waals surface area contributed by atoms with Gasteiger partial charge in [-0.05, 0) is 59.1 Å². The van der Waals surface area contributed by atoms with Crippen LogP contribution in [0.5, 0.6) is 0 Å². The van der Waals surface area contributed by atoms with Crippen molar-refractivity contribution in [2.75, 3.05) is 13.2 Å². The number of carbonyl (C=O) groups excluding carboxylic acids is 1. The Labute approximate surface area is 139 Å². The molecule has 2 atom stereocenters. The summed E-state index contributed by atoms with van der Waals surface area (Å²) >= 11 is 0. The molecule has 0 aliphatic carbocycles. The number of ether oxygens (including phenoxy) is 2. The maximum absolute atomic E-state index is 12.4. The molecule has 1 fully saturated rings. The first-order valence-electron chi connectivity index (χ1n) is 8.39. The highest BCUT2D eigenvalue weighted by molar-refractivity contribution is 5.68. The van der Waals surface area contributed by atoms with Crippen LogP contribution in [0.2, 0.25) is 0 Å². The topological polar surface area (TPSA) is 51.7 Å². The van der Waals surface area contributed by atoms with E-state index < -0.39 is 5.60 Å². The lowest BCUT2D eigenvalue weighted by molar-refractivity contribution is -0.0218. The minimum Gasteiger partial charge on any atom is -0.444 e. The Hall–Kier alpha value is -1.62. The summed E-state index contributed by atoms with van der Waals surface area (Å²) in [6.45, 7) is 8.91. The van der Waals surface area contributed by atoms with Gasteiger partial charge < -0.3 is 14.4 Å². The summed E-state index contributed by atoms with van der Waals surface area (Å²) in [6, 6.07) is 5.87. The summed E-state index contributed by atoms with van der Waals surface area (Å²) in [7, 11) is 0. The van der Waals surface area contributed by atoms with E-state index in [0.717, 1.165) is 31.5 Å². The largest absolute Gasteiger partial charge is 0.444 e. The average molecular weight is 320 g/mol. The molecular weight excluding hydrogens is 292 g/mol.